The molecular formula is C24H20N2O4S2. The second-order valence-corrected chi connectivity index (χ2v) is 8.58. The molecule has 0 aliphatic rings. The van der Waals surface area contributed by atoms with Gasteiger partial charge in [0, 0.05) is 21.9 Å². The Balaban J connectivity index is 1.58. The first kappa shape index (κ1) is 21.7. The number of aromatic nitrogens is 1. The summed E-state index contributed by atoms with van der Waals surface area (Å²) in [5, 5.41) is 9.10. The highest BCUT2D eigenvalue weighted by molar-refractivity contribution is 7.14. The number of anilines is 1. The molecule has 0 bridgehead atoms. The molecule has 162 valence electrons. The summed E-state index contributed by atoms with van der Waals surface area (Å²) in [6.45, 7) is 1.91. The van der Waals surface area contributed by atoms with Crippen LogP contribution in [0.5, 0.6) is 5.75 Å². The summed E-state index contributed by atoms with van der Waals surface area (Å²) >= 11 is 2.91. The number of nitrogens with zero attached hydrogens (tertiary/aromatic N) is 1. The van der Waals surface area contributed by atoms with Gasteiger partial charge in [0.1, 0.15) is 10.8 Å². The Bertz CT molecular complexity index is 1220. The molecule has 0 saturated carbocycles. The highest BCUT2D eigenvalue weighted by Crippen LogP contribution is 2.29. The fourth-order valence-corrected chi connectivity index (χ4v) is 4.57. The molecule has 1 amide bonds. The van der Waals surface area contributed by atoms with Crippen LogP contribution in [0.3, 0.4) is 0 Å². The molecular weight excluding hydrogens is 444 g/mol. The quantitative estimate of drug-likeness (QED) is 0.354. The van der Waals surface area contributed by atoms with Crippen LogP contribution in [0.4, 0.5) is 5.69 Å². The first-order valence-corrected chi connectivity index (χ1v) is 11.6. The highest BCUT2D eigenvalue weighted by Gasteiger charge is 2.27. The van der Waals surface area contributed by atoms with Gasteiger partial charge in [0.25, 0.3) is 5.91 Å². The Morgan fingerprint density at radius 1 is 1.06 bits per heavy atom. The number of carbonyl (C=O) groups is 2. The normalized spacial score (nSPS) is 11.6. The predicted octanol–water partition coefficient (Wildman–Crippen LogP) is 5.73. The number of rotatable bonds is 7. The van der Waals surface area contributed by atoms with Crippen molar-refractivity contribution in [2.75, 3.05) is 12.4 Å². The van der Waals surface area contributed by atoms with Gasteiger partial charge in [0.05, 0.1) is 12.8 Å². The van der Waals surface area contributed by atoms with E-state index in [2.05, 4.69) is 10.3 Å². The zero-order valence-electron chi connectivity index (χ0n) is 17.4. The molecule has 4 rings (SSSR count). The molecule has 4 aromatic rings. The van der Waals surface area contributed by atoms with E-state index >= 15 is 0 Å². The standard InChI is InChI=1S/C24H20N2O4S2/c1-15-8-9-20(29-2)18(12-15)25-22(27)21(16-6-4-3-5-7-16)30-24(28)19-14-32-23(26-19)17-10-11-31-13-17/h3-14,21H,1-2H3,(H,25,27)/t21-/m0/s1. The fourth-order valence-electron chi connectivity index (χ4n) is 3.07. The number of nitrogens with one attached hydrogen (secondary N) is 1. The topological polar surface area (TPSA) is 77.5 Å². The largest absolute Gasteiger partial charge is 0.495 e. The number of ether oxygens (including phenoxy) is 2. The van der Waals surface area contributed by atoms with E-state index in [9.17, 15) is 9.59 Å². The number of methoxy groups -OCH3 is 1. The van der Waals surface area contributed by atoms with E-state index in [4.69, 9.17) is 9.47 Å². The molecule has 0 aliphatic heterocycles. The minimum Gasteiger partial charge on any atom is -0.495 e. The van der Waals surface area contributed by atoms with Crippen LogP contribution in [0.2, 0.25) is 0 Å². The van der Waals surface area contributed by atoms with Gasteiger partial charge in [-0.25, -0.2) is 9.78 Å². The van der Waals surface area contributed by atoms with Crippen LogP contribution in [0, 0.1) is 6.92 Å². The third kappa shape index (κ3) is 4.87. The molecule has 8 heteroatoms. The van der Waals surface area contributed by atoms with Crippen molar-refractivity contribution in [3.8, 4) is 16.3 Å². The number of esters is 1. The van der Waals surface area contributed by atoms with Gasteiger partial charge in [-0.1, -0.05) is 36.4 Å². The van der Waals surface area contributed by atoms with Crippen molar-refractivity contribution in [1.82, 2.24) is 4.98 Å². The van der Waals surface area contributed by atoms with Crippen molar-refractivity contribution < 1.29 is 19.1 Å². The van der Waals surface area contributed by atoms with Gasteiger partial charge < -0.3 is 14.8 Å². The van der Waals surface area contributed by atoms with Crippen LogP contribution in [-0.2, 0) is 9.53 Å². The van der Waals surface area contributed by atoms with Crippen molar-refractivity contribution >= 4 is 40.2 Å². The van der Waals surface area contributed by atoms with E-state index < -0.39 is 18.0 Å². The van der Waals surface area contributed by atoms with E-state index in [-0.39, 0.29) is 5.69 Å². The number of aryl methyl sites for hydroxylation is 1. The minimum absolute atomic E-state index is 0.165. The van der Waals surface area contributed by atoms with Crippen LogP contribution >= 0.6 is 22.7 Å². The number of carbonyl (C=O) groups excluding carboxylic acids is 2. The van der Waals surface area contributed by atoms with Gasteiger partial charge >= 0.3 is 5.97 Å². The molecule has 1 atom stereocenters. The smallest absolute Gasteiger partial charge is 0.358 e. The summed E-state index contributed by atoms with van der Waals surface area (Å²) in [4.78, 5) is 30.4. The molecule has 0 fully saturated rings. The van der Waals surface area contributed by atoms with Gasteiger partial charge in [0.15, 0.2) is 5.69 Å². The van der Waals surface area contributed by atoms with E-state index in [1.807, 2.05) is 35.9 Å². The van der Waals surface area contributed by atoms with E-state index in [0.717, 1.165) is 16.1 Å². The lowest BCUT2D eigenvalue weighted by atomic mass is 10.1. The molecule has 2 aromatic carbocycles. The fraction of sp³-hybridized carbons (Fsp3) is 0.125. The average Bonchev–Trinajstić information content (AvgIpc) is 3.50. The van der Waals surface area contributed by atoms with Crippen LogP contribution in [-0.4, -0.2) is 24.0 Å². The second kappa shape index (κ2) is 9.76. The lowest BCUT2D eigenvalue weighted by Gasteiger charge is -2.19. The van der Waals surface area contributed by atoms with Crippen LogP contribution < -0.4 is 10.1 Å². The van der Waals surface area contributed by atoms with Crippen molar-refractivity contribution in [3.05, 3.63) is 87.6 Å². The maximum absolute atomic E-state index is 13.2. The van der Waals surface area contributed by atoms with Crippen LogP contribution in [0.25, 0.3) is 10.6 Å². The van der Waals surface area contributed by atoms with Crippen molar-refractivity contribution in [2.24, 2.45) is 0 Å². The maximum Gasteiger partial charge on any atom is 0.358 e. The molecule has 0 saturated heterocycles. The Kier molecular flexibility index (Phi) is 6.63. The molecule has 0 spiro atoms. The molecule has 1 N–H and O–H groups in total. The molecule has 6 nitrogen and oxygen atoms in total. The van der Waals surface area contributed by atoms with Gasteiger partial charge in [0.2, 0.25) is 6.10 Å². The minimum atomic E-state index is -1.15. The summed E-state index contributed by atoms with van der Waals surface area (Å²) in [5.41, 5.74) is 3.12. The summed E-state index contributed by atoms with van der Waals surface area (Å²) < 4.78 is 11.0. The summed E-state index contributed by atoms with van der Waals surface area (Å²) in [7, 11) is 1.53. The van der Waals surface area contributed by atoms with Gasteiger partial charge in [-0.15, -0.1) is 11.3 Å². The van der Waals surface area contributed by atoms with Crippen molar-refractivity contribution in [1.29, 1.82) is 0 Å². The summed E-state index contributed by atoms with van der Waals surface area (Å²) in [5.74, 6) is -0.633. The van der Waals surface area contributed by atoms with Gasteiger partial charge in [-0.2, -0.15) is 11.3 Å². The monoisotopic (exact) mass is 464 g/mol. The Morgan fingerprint density at radius 2 is 1.88 bits per heavy atom. The molecule has 0 radical (unpaired) electrons. The summed E-state index contributed by atoms with van der Waals surface area (Å²) in [6, 6.07) is 16.3. The third-order valence-electron chi connectivity index (χ3n) is 4.66. The van der Waals surface area contributed by atoms with Gasteiger partial charge in [-0.3, -0.25) is 4.79 Å². The van der Waals surface area contributed by atoms with Crippen LogP contribution in [0.1, 0.15) is 27.7 Å². The number of hydrogen-bond donors (Lipinski definition) is 1. The average molecular weight is 465 g/mol. The Hall–Kier alpha value is -3.49. The lowest BCUT2D eigenvalue weighted by Crippen LogP contribution is -2.26. The van der Waals surface area contributed by atoms with Crippen molar-refractivity contribution in [3.63, 3.8) is 0 Å². The Labute approximate surface area is 193 Å². The van der Waals surface area contributed by atoms with E-state index in [1.165, 1.54) is 18.4 Å². The highest BCUT2D eigenvalue weighted by atomic mass is 32.1. The molecule has 2 heterocycles. The number of thiophene rings is 1. The first-order valence-electron chi connectivity index (χ1n) is 9.74. The molecule has 0 unspecified atom stereocenters. The molecule has 0 aliphatic carbocycles. The zero-order chi connectivity index (χ0) is 22.5. The van der Waals surface area contributed by atoms with Crippen LogP contribution in [0.15, 0.2) is 70.7 Å². The van der Waals surface area contributed by atoms with Gasteiger partial charge in [-0.05, 0) is 36.1 Å². The number of amides is 1. The SMILES string of the molecule is COc1ccc(C)cc1NC(=O)[C@@H](OC(=O)c1csc(-c2ccsc2)n1)c1ccccc1. The second-order valence-electron chi connectivity index (χ2n) is 6.94. The number of thiazole rings is 1. The molecule has 2 aromatic heterocycles. The lowest BCUT2D eigenvalue weighted by molar-refractivity contribution is -0.125. The number of hydrogen-bond acceptors (Lipinski definition) is 7. The maximum atomic E-state index is 13.2. The van der Waals surface area contributed by atoms with E-state index in [0.29, 0.717) is 17.0 Å². The first-order chi connectivity index (χ1) is 15.5. The third-order valence-corrected chi connectivity index (χ3v) is 6.23. The number of benzene rings is 2. The predicted molar refractivity (Wildman–Crippen MR) is 126 cm³/mol. The van der Waals surface area contributed by atoms with Crippen molar-refractivity contribution in [2.45, 2.75) is 13.0 Å². The van der Waals surface area contributed by atoms with E-state index in [1.54, 1.807) is 53.1 Å². The Morgan fingerprint density at radius 3 is 2.59 bits per heavy atom. The molecule has 32 heavy (non-hydrogen) atoms. The summed E-state index contributed by atoms with van der Waals surface area (Å²) in [6.07, 6.45) is -1.15. The zero-order valence-corrected chi connectivity index (χ0v) is 19.0.